The van der Waals surface area contributed by atoms with E-state index in [0.29, 0.717) is 0 Å². The predicted molar refractivity (Wildman–Crippen MR) is 32.0 cm³/mol. The normalized spacial score (nSPS) is 7.00. The molecule has 0 atom stereocenters. The molecule has 0 N–H and O–H groups in total. The lowest BCUT2D eigenvalue weighted by molar-refractivity contribution is 1.13. The summed E-state index contributed by atoms with van der Waals surface area (Å²) in [6.07, 6.45) is 3.69. The lowest BCUT2D eigenvalue weighted by Crippen LogP contribution is -1.66. The first-order chi connectivity index (χ1) is 3.41. The molecule has 0 aliphatic carbocycles. The Balaban J connectivity index is 2.78. The van der Waals surface area contributed by atoms with Crippen LogP contribution in [0.4, 0.5) is 0 Å². The Morgan fingerprint density at radius 2 is 2.43 bits per heavy atom. The molecular formula is C7H9. The average molecular weight is 93.1 g/mol. The highest BCUT2D eigenvalue weighted by atomic mass is 13.8. The van der Waals surface area contributed by atoms with E-state index < -0.39 is 0 Å². The zero-order valence-electron chi connectivity index (χ0n) is 4.41. The summed E-state index contributed by atoms with van der Waals surface area (Å²) >= 11 is 0. The van der Waals surface area contributed by atoms with Crippen LogP contribution in [0.5, 0.6) is 0 Å². The average Bonchev–Trinajstić information content (AvgIpc) is 1.69. The fourth-order valence-electron chi connectivity index (χ4n) is 0.246. The molecule has 0 rings (SSSR count). The quantitative estimate of drug-likeness (QED) is 0.276. The summed E-state index contributed by atoms with van der Waals surface area (Å²) in [4.78, 5) is 0. The molecule has 0 spiro atoms. The largest absolute Gasteiger partial charge is 0.343 e. The van der Waals surface area contributed by atoms with Crippen molar-refractivity contribution in [3.63, 3.8) is 0 Å². The monoisotopic (exact) mass is 93.1 g/mol. The highest BCUT2D eigenvalue weighted by Gasteiger charge is 1.76. The summed E-state index contributed by atoms with van der Waals surface area (Å²) in [6.45, 7) is 6.97. The van der Waals surface area contributed by atoms with E-state index >= 15 is 0 Å². The minimum absolute atomic E-state index is 0.826. The van der Waals surface area contributed by atoms with Gasteiger partial charge in [-0.1, -0.05) is 0 Å². The second-order valence-electron chi connectivity index (χ2n) is 1.14. The van der Waals surface area contributed by atoms with Gasteiger partial charge in [-0.05, 0) is 6.42 Å². The molecule has 7 heavy (non-hydrogen) atoms. The van der Waals surface area contributed by atoms with Gasteiger partial charge in [0, 0.05) is 0 Å². The maximum absolute atomic E-state index is 3.61. The van der Waals surface area contributed by atoms with Crippen molar-refractivity contribution in [2.45, 2.75) is 12.8 Å². The van der Waals surface area contributed by atoms with Gasteiger partial charge < -0.3 is 6.92 Å². The van der Waals surface area contributed by atoms with Gasteiger partial charge in [0.2, 0.25) is 0 Å². The third kappa shape index (κ3) is 5.43. The van der Waals surface area contributed by atoms with Gasteiger partial charge in [0.25, 0.3) is 0 Å². The molecule has 0 heterocycles. The summed E-state index contributed by atoms with van der Waals surface area (Å²) in [5.41, 5.74) is 0. The molecule has 0 aliphatic rings. The van der Waals surface area contributed by atoms with Gasteiger partial charge in [-0.2, -0.15) is 6.42 Å². The van der Waals surface area contributed by atoms with Crippen molar-refractivity contribution in [3.8, 4) is 11.8 Å². The highest BCUT2D eigenvalue weighted by Crippen LogP contribution is 1.86. The van der Waals surface area contributed by atoms with Crippen LogP contribution in [-0.2, 0) is 0 Å². The van der Waals surface area contributed by atoms with Crippen LogP contribution in [0.1, 0.15) is 12.8 Å². The van der Waals surface area contributed by atoms with E-state index in [2.05, 4.69) is 25.7 Å². The molecule has 0 nitrogen and oxygen atoms in total. The summed E-state index contributed by atoms with van der Waals surface area (Å²) in [7, 11) is 0. The van der Waals surface area contributed by atoms with Crippen LogP contribution < -0.4 is 0 Å². The van der Waals surface area contributed by atoms with E-state index in [1.807, 2.05) is 6.42 Å². The van der Waals surface area contributed by atoms with E-state index in [4.69, 9.17) is 0 Å². The Bertz CT molecular complexity index is 71.8. The molecule has 0 unspecified atom stereocenters. The Morgan fingerprint density at radius 1 is 1.71 bits per heavy atom. The van der Waals surface area contributed by atoms with Crippen molar-refractivity contribution in [1.29, 1.82) is 0 Å². The third-order valence-corrected chi connectivity index (χ3v) is 0.576. The van der Waals surface area contributed by atoms with Crippen LogP contribution in [0.2, 0.25) is 0 Å². The Hall–Kier alpha value is -0.570. The minimum atomic E-state index is 0.826. The molecule has 0 heteroatoms. The Labute approximate surface area is 45.9 Å². The van der Waals surface area contributed by atoms with E-state index in [1.54, 1.807) is 0 Å². The second kappa shape index (κ2) is 5.43. The van der Waals surface area contributed by atoms with Crippen LogP contribution in [0, 0.1) is 32.1 Å². The molecule has 0 amide bonds. The first kappa shape index (κ1) is 6.43. The zero-order chi connectivity index (χ0) is 5.54. The van der Waals surface area contributed by atoms with Crippen LogP contribution in [0.15, 0.2) is 0 Å². The molecule has 0 aromatic rings. The lowest BCUT2D eigenvalue weighted by Gasteiger charge is -1.82. The molecule has 0 aromatic carbocycles. The molecule has 0 saturated carbocycles. The van der Waals surface area contributed by atoms with Crippen LogP contribution >= 0.6 is 0 Å². The minimum Gasteiger partial charge on any atom is -0.343 e. The second-order valence-corrected chi connectivity index (χ2v) is 1.14. The molecule has 0 fully saturated rings. The number of hydrogen-bond acceptors (Lipinski definition) is 0. The van der Waals surface area contributed by atoms with Crippen LogP contribution in [-0.4, -0.2) is 0 Å². The molecule has 0 bridgehead atoms. The molecule has 0 aromatic heterocycles. The fourth-order valence-corrected chi connectivity index (χ4v) is 0.246. The van der Waals surface area contributed by atoms with Gasteiger partial charge in [0.1, 0.15) is 11.8 Å². The topological polar surface area (TPSA) is 0 Å². The highest BCUT2D eigenvalue weighted by molar-refractivity contribution is 5.03. The van der Waals surface area contributed by atoms with Crippen molar-refractivity contribution in [2.75, 3.05) is 0 Å². The molecule has 0 aliphatic heterocycles. The molecule has 1 radical (unpaired) electrons. The van der Waals surface area contributed by atoms with Crippen molar-refractivity contribution < 1.29 is 0 Å². The van der Waals surface area contributed by atoms with E-state index in [1.165, 1.54) is 0 Å². The Morgan fingerprint density at radius 3 is 2.86 bits per heavy atom. The smallest absolute Gasteiger partial charge is 0.135 e. The number of unbranched alkanes of at least 4 members (excludes halogenated alkanes) is 2. The fraction of sp³-hybridized carbons (Fsp3) is 0.286. The Kier molecular flexibility index (Phi) is 4.99. The first-order valence-corrected chi connectivity index (χ1v) is 2.27. The van der Waals surface area contributed by atoms with E-state index in [0.717, 1.165) is 12.8 Å². The maximum Gasteiger partial charge on any atom is 0.135 e. The van der Waals surface area contributed by atoms with Gasteiger partial charge in [-0.25, -0.2) is 0 Å². The van der Waals surface area contributed by atoms with Gasteiger partial charge >= 0.3 is 0 Å². The van der Waals surface area contributed by atoms with Crippen molar-refractivity contribution in [3.05, 3.63) is 20.3 Å². The van der Waals surface area contributed by atoms with Crippen molar-refractivity contribution in [2.24, 2.45) is 0 Å². The van der Waals surface area contributed by atoms with Crippen molar-refractivity contribution >= 4 is 0 Å². The SMILES string of the molecule is [CH2+]C#CC[CH]C[CH2-]. The van der Waals surface area contributed by atoms with Crippen molar-refractivity contribution in [1.82, 2.24) is 0 Å². The lowest BCUT2D eigenvalue weighted by atomic mass is 10.3. The summed E-state index contributed by atoms with van der Waals surface area (Å²) in [6, 6.07) is 0. The van der Waals surface area contributed by atoms with Crippen LogP contribution in [0.3, 0.4) is 0 Å². The number of rotatable bonds is 2. The number of hydrogen-bond donors (Lipinski definition) is 0. The maximum atomic E-state index is 3.61. The zero-order valence-corrected chi connectivity index (χ0v) is 4.41. The van der Waals surface area contributed by atoms with Gasteiger partial charge in [0.05, 0.1) is 13.3 Å². The standard InChI is InChI=1S/C7H9/c1-3-5-7-6-4-2/h5H,1-3,7H2. The molecule has 0 saturated heterocycles. The third-order valence-electron chi connectivity index (χ3n) is 0.576. The molecule has 37 valence electrons. The van der Waals surface area contributed by atoms with E-state index in [9.17, 15) is 0 Å². The summed E-state index contributed by atoms with van der Waals surface area (Å²) in [5.74, 6) is 5.34. The predicted octanol–water partition coefficient (Wildman–Crippen LogP) is 1.64. The summed E-state index contributed by atoms with van der Waals surface area (Å²) < 4.78 is 0. The van der Waals surface area contributed by atoms with Gasteiger partial charge in [-0.3, -0.25) is 0 Å². The summed E-state index contributed by atoms with van der Waals surface area (Å²) in [5, 5.41) is 0. The van der Waals surface area contributed by atoms with Crippen LogP contribution in [0.25, 0.3) is 0 Å². The van der Waals surface area contributed by atoms with Gasteiger partial charge in [-0.15, -0.1) is 0 Å². The first-order valence-electron chi connectivity index (χ1n) is 2.27. The molecular weight excluding hydrogens is 84.1 g/mol. The van der Waals surface area contributed by atoms with E-state index in [-0.39, 0.29) is 0 Å². The van der Waals surface area contributed by atoms with Gasteiger partial charge in [0.15, 0.2) is 0 Å².